The van der Waals surface area contributed by atoms with Crippen molar-refractivity contribution in [2.45, 2.75) is 64.5 Å². The first-order valence-corrected chi connectivity index (χ1v) is 12.6. The van der Waals surface area contributed by atoms with Crippen LogP contribution < -0.4 is 5.32 Å². The van der Waals surface area contributed by atoms with Gasteiger partial charge in [0.2, 0.25) is 11.9 Å². The molecule has 5 nitrogen and oxygen atoms in total. The summed E-state index contributed by atoms with van der Waals surface area (Å²) in [6, 6.07) is 16.9. The van der Waals surface area contributed by atoms with Crippen molar-refractivity contribution >= 4 is 23.5 Å². The molecule has 3 aromatic rings. The van der Waals surface area contributed by atoms with Crippen molar-refractivity contribution in [3.05, 3.63) is 75.9 Å². The molecule has 0 bridgehead atoms. The second kappa shape index (κ2) is 9.47. The summed E-state index contributed by atoms with van der Waals surface area (Å²) < 4.78 is 0. The summed E-state index contributed by atoms with van der Waals surface area (Å²) in [5.74, 6) is 0.316. The van der Waals surface area contributed by atoms with E-state index in [4.69, 9.17) is 21.6 Å². The first-order chi connectivity index (χ1) is 16.4. The minimum Gasteiger partial charge on any atom is -0.295 e. The lowest BCUT2D eigenvalue weighted by atomic mass is 9.94. The Kier molecular flexibility index (Phi) is 6.41. The van der Waals surface area contributed by atoms with Crippen molar-refractivity contribution in [1.29, 1.82) is 0 Å². The molecule has 2 heterocycles. The number of anilines is 1. The molecule has 1 saturated carbocycles. The summed E-state index contributed by atoms with van der Waals surface area (Å²) in [5, 5.41) is 3.61. The van der Waals surface area contributed by atoms with Gasteiger partial charge in [-0.25, -0.2) is 9.97 Å². The maximum Gasteiger partial charge on any atom is 0.230 e. The minimum atomic E-state index is -0.0574. The summed E-state index contributed by atoms with van der Waals surface area (Å²) in [6.45, 7) is 6.81. The highest BCUT2D eigenvalue weighted by molar-refractivity contribution is 6.33. The van der Waals surface area contributed by atoms with Gasteiger partial charge in [-0.2, -0.15) is 0 Å². The van der Waals surface area contributed by atoms with E-state index >= 15 is 0 Å². The molecule has 176 valence electrons. The van der Waals surface area contributed by atoms with Crippen LogP contribution in [-0.4, -0.2) is 27.3 Å². The van der Waals surface area contributed by atoms with Gasteiger partial charge in [0.05, 0.1) is 16.4 Å². The van der Waals surface area contributed by atoms with E-state index in [2.05, 4.69) is 59.6 Å². The zero-order chi connectivity index (χ0) is 23.7. The van der Waals surface area contributed by atoms with E-state index in [-0.39, 0.29) is 11.3 Å². The van der Waals surface area contributed by atoms with E-state index in [1.165, 1.54) is 24.0 Å². The maximum atomic E-state index is 12.3. The van der Waals surface area contributed by atoms with Crippen LogP contribution in [0.15, 0.2) is 48.5 Å². The van der Waals surface area contributed by atoms with E-state index in [0.717, 1.165) is 55.0 Å². The van der Waals surface area contributed by atoms with Crippen molar-refractivity contribution in [3.63, 3.8) is 0 Å². The third-order valence-electron chi connectivity index (χ3n) is 7.04. The fourth-order valence-electron chi connectivity index (χ4n) is 4.70. The minimum absolute atomic E-state index is 0.0574. The molecule has 0 atom stereocenters. The molecule has 2 aliphatic rings. The molecule has 1 N–H and O–H groups in total. The third kappa shape index (κ3) is 4.86. The Labute approximate surface area is 206 Å². The fourth-order valence-corrected chi connectivity index (χ4v) is 4.97. The van der Waals surface area contributed by atoms with Crippen molar-refractivity contribution in [2.75, 3.05) is 11.9 Å². The van der Waals surface area contributed by atoms with Crippen LogP contribution in [0, 0.1) is 0 Å². The van der Waals surface area contributed by atoms with E-state index in [9.17, 15) is 4.79 Å². The quantitative estimate of drug-likeness (QED) is 0.446. The molecule has 0 saturated heterocycles. The predicted molar refractivity (Wildman–Crippen MR) is 137 cm³/mol. The van der Waals surface area contributed by atoms with Gasteiger partial charge in [-0.1, -0.05) is 67.9 Å². The number of fused-ring (bicyclic) bond motifs is 1. The topological polar surface area (TPSA) is 58.1 Å². The number of benzene rings is 2. The Morgan fingerprint density at radius 1 is 1.15 bits per heavy atom. The first kappa shape index (κ1) is 23.0. The molecule has 1 aliphatic carbocycles. The summed E-state index contributed by atoms with van der Waals surface area (Å²) in [6.07, 6.45) is 4.45. The van der Waals surface area contributed by atoms with Crippen molar-refractivity contribution in [3.8, 4) is 11.3 Å². The molecule has 5 rings (SSSR count). The zero-order valence-corrected chi connectivity index (χ0v) is 20.7. The normalized spacial score (nSPS) is 16.7. The lowest BCUT2D eigenvalue weighted by Crippen LogP contribution is -2.32. The van der Waals surface area contributed by atoms with Gasteiger partial charge in [0.1, 0.15) is 0 Å². The number of nitrogens with zero attached hydrogens (tertiary/aromatic N) is 3. The lowest BCUT2D eigenvalue weighted by molar-refractivity contribution is -0.116. The van der Waals surface area contributed by atoms with Crippen LogP contribution in [0.2, 0.25) is 5.02 Å². The Bertz CT molecular complexity index is 1210. The van der Waals surface area contributed by atoms with Gasteiger partial charge < -0.3 is 0 Å². The highest BCUT2D eigenvalue weighted by Gasteiger charge is 2.39. The third-order valence-corrected chi connectivity index (χ3v) is 7.35. The maximum absolute atomic E-state index is 12.3. The molecule has 6 heteroatoms. The van der Waals surface area contributed by atoms with Gasteiger partial charge >= 0.3 is 0 Å². The Morgan fingerprint density at radius 2 is 1.94 bits per heavy atom. The highest BCUT2D eigenvalue weighted by atomic mass is 35.5. The summed E-state index contributed by atoms with van der Waals surface area (Å²) >= 11 is 6.85. The van der Waals surface area contributed by atoms with E-state index in [1.54, 1.807) is 0 Å². The number of carbonyl (C=O) groups is 1. The average molecular weight is 475 g/mol. The summed E-state index contributed by atoms with van der Waals surface area (Å²) in [5.41, 5.74) is 6.65. The van der Waals surface area contributed by atoms with Gasteiger partial charge in [0, 0.05) is 43.6 Å². The van der Waals surface area contributed by atoms with Crippen molar-refractivity contribution < 1.29 is 4.79 Å². The molecule has 1 amide bonds. The molecule has 1 fully saturated rings. The second-order valence-electron chi connectivity index (χ2n) is 9.82. The van der Waals surface area contributed by atoms with Gasteiger partial charge in [-0.05, 0) is 41.9 Å². The number of nitrogens with one attached hydrogen (secondary N) is 1. The molecular formula is C28H31ClN4O. The molecule has 0 unspecified atom stereocenters. The average Bonchev–Trinajstić information content (AvgIpc) is 3.58. The standard InChI is InChI=1S/C28H31ClN4O/c1-3-7-25(34)31-27-30-24-12-15-33(17-19-8-5-4-6-9-19)18-22(24)26(32-27)21-11-10-20(16-23(21)29)28(2)13-14-28/h4-6,8-11,16H,3,7,12-15,17-18H2,1-2H3,(H,30,31,32,34). The molecule has 0 radical (unpaired) electrons. The Hall–Kier alpha value is -2.76. The molecule has 1 aliphatic heterocycles. The largest absolute Gasteiger partial charge is 0.295 e. The molecule has 2 aromatic carbocycles. The zero-order valence-electron chi connectivity index (χ0n) is 19.9. The number of carbonyl (C=O) groups excluding carboxylic acids is 1. The van der Waals surface area contributed by atoms with Crippen LogP contribution in [0.25, 0.3) is 11.3 Å². The number of rotatable bonds is 7. The number of hydrogen-bond donors (Lipinski definition) is 1. The van der Waals surface area contributed by atoms with Crippen LogP contribution in [0.3, 0.4) is 0 Å². The number of halogens is 1. The van der Waals surface area contributed by atoms with Crippen molar-refractivity contribution in [2.24, 2.45) is 0 Å². The SMILES string of the molecule is CCCC(=O)Nc1nc2c(c(-c3ccc(C4(C)CC4)cc3Cl)n1)CN(Cc1ccccc1)CC2. The van der Waals surface area contributed by atoms with E-state index in [1.807, 2.05) is 13.0 Å². The van der Waals surface area contributed by atoms with Crippen LogP contribution in [0.5, 0.6) is 0 Å². The molecular weight excluding hydrogens is 444 g/mol. The van der Waals surface area contributed by atoms with Gasteiger partial charge in [0.15, 0.2) is 0 Å². The summed E-state index contributed by atoms with van der Waals surface area (Å²) in [4.78, 5) is 24.3. The molecule has 0 spiro atoms. The van der Waals surface area contributed by atoms with Crippen LogP contribution in [0.4, 0.5) is 5.95 Å². The first-order valence-electron chi connectivity index (χ1n) is 12.2. The number of aromatic nitrogens is 2. The Balaban J connectivity index is 1.51. The highest BCUT2D eigenvalue weighted by Crippen LogP contribution is 2.49. The van der Waals surface area contributed by atoms with E-state index < -0.39 is 0 Å². The Morgan fingerprint density at radius 3 is 2.65 bits per heavy atom. The van der Waals surface area contributed by atoms with Crippen LogP contribution >= 0.6 is 11.6 Å². The van der Waals surface area contributed by atoms with Gasteiger partial charge in [0.25, 0.3) is 0 Å². The molecule has 34 heavy (non-hydrogen) atoms. The molecule has 1 aromatic heterocycles. The van der Waals surface area contributed by atoms with Gasteiger partial charge in [-0.3, -0.25) is 15.0 Å². The number of hydrogen-bond acceptors (Lipinski definition) is 4. The number of amides is 1. The van der Waals surface area contributed by atoms with E-state index in [0.29, 0.717) is 17.4 Å². The summed E-state index contributed by atoms with van der Waals surface area (Å²) in [7, 11) is 0. The van der Waals surface area contributed by atoms with Crippen molar-refractivity contribution in [1.82, 2.24) is 14.9 Å². The smallest absolute Gasteiger partial charge is 0.230 e. The van der Waals surface area contributed by atoms with Crippen LogP contribution in [-0.2, 0) is 29.7 Å². The van der Waals surface area contributed by atoms with Gasteiger partial charge in [-0.15, -0.1) is 0 Å². The van der Waals surface area contributed by atoms with Crippen LogP contribution in [0.1, 0.15) is 61.9 Å². The second-order valence-corrected chi connectivity index (χ2v) is 10.2. The monoisotopic (exact) mass is 474 g/mol. The lowest BCUT2D eigenvalue weighted by Gasteiger charge is -2.30. The predicted octanol–water partition coefficient (Wildman–Crippen LogP) is 6.15. The fraction of sp³-hybridized carbons (Fsp3) is 0.393.